The highest BCUT2D eigenvalue weighted by Crippen LogP contribution is 2.23. The largest absolute Gasteiger partial charge is 0.325 e. The zero-order valence-electron chi connectivity index (χ0n) is 10.3. The summed E-state index contributed by atoms with van der Waals surface area (Å²) in [5, 5.41) is 2.06. The van der Waals surface area contributed by atoms with Gasteiger partial charge in [-0.15, -0.1) is 11.3 Å². The Morgan fingerprint density at radius 2 is 2.06 bits per heavy atom. The van der Waals surface area contributed by atoms with Crippen molar-refractivity contribution in [2.24, 2.45) is 5.73 Å². The maximum absolute atomic E-state index is 5.70. The van der Waals surface area contributed by atoms with E-state index in [1.165, 1.54) is 5.56 Å². The van der Waals surface area contributed by atoms with Gasteiger partial charge in [0.05, 0.1) is 5.69 Å². The Morgan fingerprint density at radius 3 is 2.72 bits per heavy atom. The van der Waals surface area contributed by atoms with Crippen molar-refractivity contribution < 1.29 is 0 Å². The van der Waals surface area contributed by atoms with Crippen LogP contribution in [-0.2, 0) is 13.0 Å². The molecule has 0 saturated heterocycles. The molecular weight excluding hydrogens is 242 g/mol. The molecule has 2 aromatic heterocycles. The average molecular weight is 257 g/mol. The Balaban J connectivity index is 2.04. The standard InChI is InChI=1S/C14H15N3S/c1-2-10-3-5-11(6-4-10)13-8-17-12(7-15)9-18-14(17)16-13/h3-6,8-9H,2,7,15H2,1H3. The molecule has 0 radical (unpaired) electrons. The number of nitrogens with zero attached hydrogens (tertiary/aromatic N) is 2. The molecule has 0 spiro atoms. The summed E-state index contributed by atoms with van der Waals surface area (Å²) in [7, 11) is 0. The van der Waals surface area contributed by atoms with Crippen molar-refractivity contribution in [3.63, 3.8) is 0 Å². The molecule has 0 amide bonds. The maximum atomic E-state index is 5.70. The Bertz CT molecular complexity index is 664. The number of rotatable bonds is 3. The Hall–Kier alpha value is -1.65. The molecule has 0 unspecified atom stereocenters. The molecule has 0 bridgehead atoms. The third-order valence-electron chi connectivity index (χ3n) is 3.15. The van der Waals surface area contributed by atoms with Crippen molar-refractivity contribution in [2.75, 3.05) is 0 Å². The first-order chi connectivity index (χ1) is 8.81. The van der Waals surface area contributed by atoms with Crippen LogP contribution in [0.1, 0.15) is 18.2 Å². The lowest BCUT2D eigenvalue weighted by Gasteiger charge is -1.99. The highest BCUT2D eigenvalue weighted by molar-refractivity contribution is 7.15. The van der Waals surface area contributed by atoms with Crippen LogP contribution in [-0.4, -0.2) is 9.38 Å². The average Bonchev–Trinajstić information content (AvgIpc) is 2.98. The minimum absolute atomic E-state index is 0.546. The molecule has 3 rings (SSSR count). The fourth-order valence-corrected chi connectivity index (χ4v) is 2.91. The smallest absolute Gasteiger partial charge is 0.194 e. The molecule has 4 heteroatoms. The second kappa shape index (κ2) is 4.55. The van der Waals surface area contributed by atoms with Gasteiger partial charge in [-0.05, 0) is 12.0 Å². The molecule has 92 valence electrons. The van der Waals surface area contributed by atoms with Gasteiger partial charge in [0.25, 0.3) is 0 Å². The lowest BCUT2D eigenvalue weighted by molar-refractivity contribution is 0.966. The number of benzene rings is 1. The van der Waals surface area contributed by atoms with Crippen molar-refractivity contribution in [3.8, 4) is 11.3 Å². The number of aromatic nitrogens is 2. The van der Waals surface area contributed by atoms with Crippen LogP contribution in [0.2, 0.25) is 0 Å². The fraction of sp³-hybridized carbons (Fsp3) is 0.214. The summed E-state index contributed by atoms with van der Waals surface area (Å²) < 4.78 is 2.08. The minimum atomic E-state index is 0.546. The third-order valence-corrected chi connectivity index (χ3v) is 4.04. The SMILES string of the molecule is CCc1ccc(-c2cn3c(CN)csc3n2)cc1. The molecule has 0 atom stereocenters. The number of imidazole rings is 1. The van der Waals surface area contributed by atoms with Gasteiger partial charge in [-0.1, -0.05) is 31.2 Å². The molecule has 0 aliphatic rings. The van der Waals surface area contributed by atoms with E-state index in [1.54, 1.807) is 11.3 Å². The van der Waals surface area contributed by atoms with Gasteiger partial charge < -0.3 is 5.73 Å². The zero-order chi connectivity index (χ0) is 12.5. The van der Waals surface area contributed by atoms with Crippen LogP contribution in [0.15, 0.2) is 35.8 Å². The second-order valence-electron chi connectivity index (χ2n) is 4.26. The van der Waals surface area contributed by atoms with Gasteiger partial charge in [-0.2, -0.15) is 0 Å². The number of hydrogen-bond donors (Lipinski definition) is 1. The number of fused-ring (bicyclic) bond motifs is 1. The minimum Gasteiger partial charge on any atom is -0.325 e. The normalized spacial score (nSPS) is 11.2. The van der Waals surface area contributed by atoms with Crippen molar-refractivity contribution in [1.29, 1.82) is 0 Å². The molecule has 18 heavy (non-hydrogen) atoms. The van der Waals surface area contributed by atoms with E-state index < -0.39 is 0 Å². The monoisotopic (exact) mass is 257 g/mol. The maximum Gasteiger partial charge on any atom is 0.194 e. The van der Waals surface area contributed by atoms with E-state index >= 15 is 0 Å². The van der Waals surface area contributed by atoms with Crippen molar-refractivity contribution >= 4 is 16.3 Å². The Morgan fingerprint density at radius 1 is 1.28 bits per heavy atom. The van der Waals surface area contributed by atoms with E-state index in [9.17, 15) is 0 Å². The van der Waals surface area contributed by atoms with Gasteiger partial charge in [-0.3, -0.25) is 4.40 Å². The topological polar surface area (TPSA) is 43.3 Å². The Labute approximate surface area is 110 Å². The lowest BCUT2D eigenvalue weighted by atomic mass is 10.1. The summed E-state index contributed by atoms with van der Waals surface area (Å²) in [5.41, 5.74) is 10.3. The van der Waals surface area contributed by atoms with Gasteiger partial charge in [-0.25, -0.2) is 4.98 Å². The number of hydrogen-bond acceptors (Lipinski definition) is 3. The lowest BCUT2D eigenvalue weighted by Crippen LogP contribution is -1.98. The molecule has 3 nitrogen and oxygen atoms in total. The van der Waals surface area contributed by atoms with Crippen LogP contribution in [0, 0.1) is 0 Å². The predicted molar refractivity (Wildman–Crippen MR) is 75.8 cm³/mol. The van der Waals surface area contributed by atoms with Crippen molar-refractivity contribution in [3.05, 3.63) is 47.1 Å². The predicted octanol–water partition coefficient (Wildman–Crippen LogP) is 3.08. The summed E-state index contributed by atoms with van der Waals surface area (Å²) >= 11 is 1.63. The van der Waals surface area contributed by atoms with Gasteiger partial charge in [0, 0.05) is 29.4 Å². The summed E-state index contributed by atoms with van der Waals surface area (Å²) in [4.78, 5) is 5.64. The summed E-state index contributed by atoms with van der Waals surface area (Å²) in [6, 6.07) is 8.58. The highest BCUT2D eigenvalue weighted by Gasteiger charge is 2.08. The van der Waals surface area contributed by atoms with E-state index in [2.05, 4.69) is 52.2 Å². The van der Waals surface area contributed by atoms with E-state index in [0.29, 0.717) is 6.54 Å². The van der Waals surface area contributed by atoms with E-state index in [-0.39, 0.29) is 0 Å². The van der Waals surface area contributed by atoms with Gasteiger partial charge in [0.2, 0.25) is 0 Å². The van der Waals surface area contributed by atoms with Crippen LogP contribution >= 0.6 is 11.3 Å². The number of aryl methyl sites for hydroxylation is 1. The molecule has 3 aromatic rings. The molecule has 0 saturated carbocycles. The zero-order valence-corrected chi connectivity index (χ0v) is 11.1. The molecule has 2 heterocycles. The molecular formula is C14H15N3S. The first-order valence-electron chi connectivity index (χ1n) is 6.06. The molecule has 1 aromatic carbocycles. The van der Waals surface area contributed by atoms with Gasteiger partial charge in [0.15, 0.2) is 4.96 Å². The molecule has 0 aliphatic carbocycles. The van der Waals surface area contributed by atoms with Crippen molar-refractivity contribution in [1.82, 2.24) is 9.38 Å². The van der Waals surface area contributed by atoms with Crippen LogP contribution in [0.25, 0.3) is 16.2 Å². The van der Waals surface area contributed by atoms with Crippen LogP contribution < -0.4 is 5.73 Å². The van der Waals surface area contributed by atoms with Gasteiger partial charge in [0.1, 0.15) is 0 Å². The highest BCUT2D eigenvalue weighted by atomic mass is 32.1. The van der Waals surface area contributed by atoms with E-state index in [0.717, 1.165) is 28.3 Å². The summed E-state index contributed by atoms with van der Waals surface area (Å²) in [6.07, 6.45) is 3.13. The summed E-state index contributed by atoms with van der Waals surface area (Å²) in [5.74, 6) is 0. The van der Waals surface area contributed by atoms with Crippen LogP contribution in [0.5, 0.6) is 0 Å². The first-order valence-corrected chi connectivity index (χ1v) is 6.94. The molecule has 0 fully saturated rings. The van der Waals surface area contributed by atoms with E-state index in [1.807, 2.05) is 0 Å². The van der Waals surface area contributed by atoms with Gasteiger partial charge >= 0.3 is 0 Å². The Kier molecular flexibility index (Phi) is 2.89. The quantitative estimate of drug-likeness (QED) is 0.783. The second-order valence-corrected chi connectivity index (χ2v) is 5.10. The molecule has 0 aliphatic heterocycles. The van der Waals surface area contributed by atoms with Crippen molar-refractivity contribution in [2.45, 2.75) is 19.9 Å². The number of thiazole rings is 1. The fourth-order valence-electron chi connectivity index (χ4n) is 2.03. The number of nitrogens with two attached hydrogens (primary N) is 1. The summed E-state index contributed by atoms with van der Waals surface area (Å²) in [6.45, 7) is 2.71. The van der Waals surface area contributed by atoms with Crippen LogP contribution in [0.3, 0.4) is 0 Å². The third kappa shape index (κ3) is 1.83. The van der Waals surface area contributed by atoms with E-state index in [4.69, 9.17) is 5.73 Å². The van der Waals surface area contributed by atoms with Crippen LogP contribution in [0.4, 0.5) is 0 Å². The first kappa shape index (κ1) is 11.4. The molecule has 2 N–H and O–H groups in total.